The highest BCUT2D eigenvalue weighted by molar-refractivity contribution is 5.92. The molecule has 3 aromatic rings. The van der Waals surface area contributed by atoms with Crippen LogP contribution in [0.4, 0.5) is 14.9 Å². The van der Waals surface area contributed by atoms with E-state index in [1.165, 1.54) is 12.1 Å². The summed E-state index contributed by atoms with van der Waals surface area (Å²) in [5, 5.41) is 14.2. The van der Waals surface area contributed by atoms with Crippen molar-refractivity contribution in [3.05, 3.63) is 94.3 Å². The molecule has 0 saturated carbocycles. The van der Waals surface area contributed by atoms with Crippen molar-refractivity contribution in [2.75, 3.05) is 25.5 Å². The molecule has 224 valence electrons. The second kappa shape index (κ2) is 12.7. The van der Waals surface area contributed by atoms with E-state index in [1.54, 1.807) is 0 Å². The molecular weight excluding hydrogens is 525 g/mol. The summed E-state index contributed by atoms with van der Waals surface area (Å²) in [5.41, 5.74) is 5.20. The first-order valence-electron chi connectivity index (χ1n) is 14.9. The molecule has 0 bridgehead atoms. The zero-order valence-electron chi connectivity index (χ0n) is 26.2. The van der Waals surface area contributed by atoms with Crippen molar-refractivity contribution in [2.24, 2.45) is 0 Å². The van der Waals surface area contributed by atoms with Gasteiger partial charge in [0.2, 0.25) is 0 Å². The molecule has 6 heteroatoms. The Balaban J connectivity index is 1.44. The third kappa shape index (κ3) is 7.80. The summed E-state index contributed by atoms with van der Waals surface area (Å²) in [5.74, 6) is 0.149. The van der Waals surface area contributed by atoms with Crippen LogP contribution >= 0.6 is 0 Å². The third-order valence-corrected chi connectivity index (χ3v) is 8.15. The number of rotatable bonds is 6. The van der Waals surface area contributed by atoms with Crippen LogP contribution in [0, 0.1) is 5.82 Å². The number of halogens is 1. The molecule has 42 heavy (non-hydrogen) atoms. The number of nitrogens with zero attached hydrogens (tertiary/aromatic N) is 2. The van der Waals surface area contributed by atoms with E-state index in [0.29, 0.717) is 5.75 Å². The third-order valence-electron chi connectivity index (χ3n) is 8.15. The van der Waals surface area contributed by atoms with Gasteiger partial charge in [-0.25, -0.2) is 9.18 Å². The van der Waals surface area contributed by atoms with Crippen LogP contribution in [0.25, 0.3) is 12.2 Å². The van der Waals surface area contributed by atoms with Crippen LogP contribution in [0.15, 0.2) is 60.7 Å². The number of likely N-dealkylation sites (tertiary alicyclic amines) is 1. The Labute approximate surface area is 251 Å². The van der Waals surface area contributed by atoms with Gasteiger partial charge in [-0.05, 0) is 70.7 Å². The van der Waals surface area contributed by atoms with E-state index in [1.807, 2.05) is 54.4 Å². The lowest BCUT2D eigenvalue weighted by Crippen LogP contribution is -2.46. The predicted molar refractivity (Wildman–Crippen MR) is 172 cm³/mol. The number of hydrogen-bond donors (Lipinski definition) is 2. The van der Waals surface area contributed by atoms with E-state index in [2.05, 4.69) is 70.0 Å². The van der Waals surface area contributed by atoms with Crippen molar-refractivity contribution in [3.8, 4) is 5.75 Å². The van der Waals surface area contributed by atoms with Gasteiger partial charge in [-0.2, -0.15) is 0 Å². The van der Waals surface area contributed by atoms with Gasteiger partial charge >= 0.3 is 6.03 Å². The number of anilines is 1. The van der Waals surface area contributed by atoms with Crippen molar-refractivity contribution >= 4 is 23.9 Å². The molecule has 1 aliphatic heterocycles. The lowest BCUT2D eigenvalue weighted by molar-refractivity contribution is 0.137. The minimum absolute atomic E-state index is 0.123. The van der Waals surface area contributed by atoms with Gasteiger partial charge in [0, 0.05) is 49.5 Å². The second-order valence-corrected chi connectivity index (χ2v) is 13.6. The number of phenolic OH excluding ortho intramolecular Hbond substituents is 1. The van der Waals surface area contributed by atoms with Gasteiger partial charge in [-0.3, -0.25) is 4.90 Å². The first kappa shape index (κ1) is 31.3. The number of benzene rings is 3. The minimum atomic E-state index is -0.216. The molecule has 0 unspecified atom stereocenters. The standard InChI is InChI=1S/C36H46FN3O2/c1-35(2,3)30-22-26(23-31(33(30)41)36(4,5)6)12-15-27-10-8-9-11-32(27)38-34(42)39(7)29-18-20-40(21-19-29)24-25-13-16-28(37)17-14-25/h8-17,22-23,29,41H,18-21,24H2,1-7H3,(H,38,42). The molecule has 0 aliphatic carbocycles. The van der Waals surface area contributed by atoms with Crippen molar-refractivity contribution in [1.29, 1.82) is 0 Å². The van der Waals surface area contributed by atoms with E-state index in [9.17, 15) is 14.3 Å². The normalized spacial score (nSPS) is 15.2. The average molecular weight is 572 g/mol. The topological polar surface area (TPSA) is 55.8 Å². The average Bonchev–Trinajstić information content (AvgIpc) is 2.93. The van der Waals surface area contributed by atoms with E-state index in [4.69, 9.17) is 0 Å². The molecular formula is C36H46FN3O2. The molecule has 3 aromatic carbocycles. The molecule has 1 saturated heterocycles. The van der Waals surface area contributed by atoms with Crippen LogP contribution in [-0.2, 0) is 17.4 Å². The zero-order chi connectivity index (χ0) is 30.7. The molecule has 0 radical (unpaired) electrons. The number of amides is 2. The second-order valence-electron chi connectivity index (χ2n) is 13.6. The molecule has 4 rings (SSSR count). The molecule has 1 fully saturated rings. The largest absolute Gasteiger partial charge is 0.507 e. The van der Waals surface area contributed by atoms with E-state index < -0.39 is 0 Å². The Hall–Kier alpha value is -3.64. The van der Waals surface area contributed by atoms with Gasteiger partial charge in [0.1, 0.15) is 11.6 Å². The molecule has 2 amide bonds. The quantitative estimate of drug-likeness (QED) is 0.292. The predicted octanol–water partition coefficient (Wildman–Crippen LogP) is 8.43. The number of nitrogens with one attached hydrogen (secondary N) is 1. The van der Waals surface area contributed by atoms with Gasteiger partial charge in [0.15, 0.2) is 0 Å². The molecule has 1 aliphatic rings. The summed E-state index contributed by atoms with van der Waals surface area (Å²) in [4.78, 5) is 17.5. The number of urea groups is 1. The highest BCUT2D eigenvalue weighted by Gasteiger charge is 2.27. The molecule has 5 nitrogen and oxygen atoms in total. The number of hydrogen-bond acceptors (Lipinski definition) is 3. The van der Waals surface area contributed by atoms with Crippen LogP contribution in [0.3, 0.4) is 0 Å². The maximum Gasteiger partial charge on any atom is 0.321 e. The van der Waals surface area contributed by atoms with Crippen LogP contribution in [0.2, 0.25) is 0 Å². The molecule has 0 aromatic heterocycles. The van der Waals surface area contributed by atoms with Crippen LogP contribution in [-0.4, -0.2) is 47.1 Å². The lowest BCUT2D eigenvalue weighted by atomic mass is 9.78. The van der Waals surface area contributed by atoms with Crippen molar-refractivity contribution < 1.29 is 14.3 Å². The van der Waals surface area contributed by atoms with Crippen LogP contribution < -0.4 is 5.32 Å². The monoisotopic (exact) mass is 571 g/mol. The molecule has 0 spiro atoms. The maximum absolute atomic E-state index is 13.3. The number of para-hydroxylation sites is 1. The SMILES string of the molecule is CN(C(=O)Nc1ccccc1C=Cc1cc(C(C)(C)C)c(O)c(C(C)(C)C)c1)C1CCN(Cc2ccc(F)cc2)CC1. The van der Waals surface area contributed by atoms with E-state index in [0.717, 1.165) is 66.0 Å². The smallest absolute Gasteiger partial charge is 0.321 e. The summed E-state index contributed by atoms with van der Waals surface area (Å²) < 4.78 is 13.2. The number of carbonyl (C=O) groups excluding carboxylic acids is 1. The van der Waals surface area contributed by atoms with Gasteiger partial charge < -0.3 is 15.3 Å². The van der Waals surface area contributed by atoms with Crippen LogP contribution in [0.1, 0.15) is 82.2 Å². The van der Waals surface area contributed by atoms with Gasteiger partial charge in [0.25, 0.3) is 0 Å². The van der Waals surface area contributed by atoms with Crippen molar-refractivity contribution in [2.45, 2.75) is 77.8 Å². The lowest BCUT2D eigenvalue weighted by Gasteiger charge is -2.36. The maximum atomic E-state index is 13.3. The number of phenols is 1. The number of piperidine rings is 1. The van der Waals surface area contributed by atoms with Crippen molar-refractivity contribution in [3.63, 3.8) is 0 Å². The Morgan fingerprint density at radius 3 is 2.10 bits per heavy atom. The number of aromatic hydroxyl groups is 1. The Morgan fingerprint density at radius 1 is 0.952 bits per heavy atom. The van der Waals surface area contributed by atoms with E-state index in [-0.39, 0.29) is 28.7 Å². The van der Waals surface area contributed by atoms with Gasteiger partial charge in [-0.1, -0.05) is 84.0 Å². The summed E-state index contributed by atoms with van der Waals surface area (Å²) in [6.45, 7) is 15.2. The summed E-state index contributed by atoms with van der Waals surface area (Å²) in [6.07, 6.45) is 5.85. The van der Waals surface area contributed by atoms with Gasteiger partial charge in [0.05, 0.1) is 0 Å². The first-order chi connectivity index (χ1) is 19.7. The fraction of sp³-hybridized carbons (Fsp3) is 0.417. The first-order valence-corrected chi connectivity index (χ1v) is 14.9. The highest BCUT2D eigenvalue weighted by Crippen LogP contribution is 2.40. The fourth-order valence-corrected chi connectivity index (χ4v) is 5.52. The summed E-state index contributed by atoms with van der Waals surface area (Å²) in [7, 11) is 1.87. The highest BCUT2D eigenvalue weighted by atomic mass is 19.1. The van der Waals surface area contributed by atoms with Gasteiger partial charge in [-0.15, -0.1) is 0 Å². The molecule has 2 N–H and O–H groups in total. The molecule has 0 atom stereocenters. The Kier molecular flexibility index (Phi) is 9.47. The zero-order valence-corrected chi connectivity index (χ0v) is 26.2. The summed E-state index contributed by atoms with van der Waals surface area (Å²) in [6, 6.07) is 18.6. The molecule has 1 heterocycles. The summed E-state index contributed by atoms with van der Waals surface area (Å²) >= 11 is 0. The minimum Gasteiger partial charge on any atom is -0.507 e. The van der Waals surface area contributed by atoms with E-state index >= 15 is 0 Å². The fourth-order valence-electron chi connectivity index (χ4n) is 5.52. The Bertz CT molecular complexity index is 1370. The Morgan fingerprint density at radius 2 is 1.52 bits per heavy atom. The van der Waals surface area contributed by atoms with Crippen LogP contribution in [0.5, 0.6) is 5.75 Å². The number of carbonyl (C=O) groups is 1. The van der Waals surface area contributed by atoms with Crippen molar-refractivity contribution in [1.82, 2.24) is 9.80 Å².